The van der Waals surface area contributed by atoms with Crippen LogP contribution in [0, 0.1) is 5.92 Å². The summed E-state index contributed by atoms with van der Waals surface area (Å²) in [6.07, 6.45) is 2.18. The van der Waals surface area contributed by atoms with Crippen molar-refractivity contribution < 1.29 is 38.4 Å². The van der Waals surface area contributed by atoms with E-state index in [9.17, 15) is 19.5 Å². The van der Waals surface area contributed by atoms with Crippen molar-refractivity contribution >= 4 is 23.7 Å². The number of Topliss-reactive ketones (excluding diaryl/α,β-unsaturated/α-hetero) is 1. The summed E-state index contributed by atoms with van der Waals surface area (Å²) in [5.41, 5.74) is 1.00. The Kier molecular flexibility index (Phi) is 7.78. The minimum absolute atomic E-state index is 0.117. The van der Waals surface area contributed by atoms with Crippen molar-refractivity contribution in [2.75, 3.05) is 20.8 Å². The number of aliphatic carboxylic acids is 1. The lowest BCUT2D eigenvalue weighted by atomic mass is 9.99. The predicted octanol–water partition coefficient (Wildman–Crippen LogP) is 3.31. The van der Waals surface area contributed by atoms with E-state index in [1.807, 2.05) is 6.92 Å². The van der Waals surface area contributed by atoms with Crippen molar-refractivity contribution in [3.8, 4) is 23.0 Å². The Labute approximate surface area is 197 Å². The number of nitrogens with one attached hydrogen (secondary N) is 1. The normalized spacial score (nSPS) is 15.2. The summed E-state index contributed by atoms with van der Waals surface area (Å²) in [7, 11) is 3.07. The number of allylic oxidation sites excluding steroid dienone is 1. The van der Waals surface area contributed by atoms with Gasteiger partial charge in [0.2, 0.25) is 5.78 Å². The van der Waals surface area contributed by atoms with Crippen LogP contribution in [0.1, 0.15) is 36.2 Å². The van der Waals surface area contributed by atoms with Crippen LogP contribution in [0.5, 0.6) is 23.0 Å². The average Bonchev–Trinajstić information content (AvgIpc) is 3.15. The molecule has 34 heavy (non-hydrogen) atoms. The Balaban J connectivity index is 1.69. The third kappa shape index (κ3) is 5.48. The number of carboxylic acid groups (broad SMARTS) is 1. The van der Waals surface area contributed by atoms with Crippen LogP contribution in [0.2, 0.25) is 0 Å². The second kappa shape index (κ2) is 10.7. The molecule has 0 unspecified atom stereocenters. The maximum atomic E-state index is 12.8. The van der Waals surface area contributed by atoms with Crippen LogP contribution in [0.4, 0.5) is 0 Å². The standard InChI is InChI=1S/C25H27NO8/c1-5-14(2)23(25(29)30)26-22(27)13-33-17-8-9-18-20(12-17)34-21(24(18)28)10-15-6-7-16(31-3)11-19(15)32-4/h6-12,14,23H,5,13H2,1-4H3,(H,26,27)(H,29,30)/t14-,23+/m1/s1. The van der Waals surface area contributed by atoms with E-state index in [1.54, 1.807) is 50.4 Å². The summed E-state index contributed by atoms with van der Waals surface area (Å²) in [6.45, 7) is 3.22. The van der Waals surface area contributed by atoms with Gasteiger partial charge in [-0.2, -0.15) is 0 Å². The number of carbonyl (C=O) groups excluding carboxylic acids is 2. The summed E-state index contributed by atoms with van der Waals surface area (Å²) in [5.74, 6) is -0.323. The topological polar surface area (TPSA) is 120 Å². The molecule has 9 nitrogen and oxygen atoms in total. The Hall–Kier alpha value is -4.01. The third-order valence-electron chi connectivity index (χ3n) is 5.53. The lowest BCUT2D eigenvalue weighted by Gasteiger charge is -2.20. The first-order valence-electron chi connectivity index (χ1n) is 10.7. The van der Waals surface area contributed by atoms with Crippen molar-refractivity contribution in [2.45, 2.75) is 26.3 Å². The molecule has 2 atom stereocenters. The van der Waals surface area contributed by atoms with E-state index in [0.717, 1.165) is 0 Å². The summed E-state index contributed by atoms with van der Waals surface area (Å²) in [4.78, 5) is 36.3. The Bertz CT molecular complexity index is 1120. The summed E-state index contributed by atoms with van der Waals surface area (Å²) >= 11 is 0. The van der Waals surface area contributed by atoms with Crippen LogP contribution in [0.25, 0.3) is 6.08 Å². The van der Waals surface area contributed by atoms with Gasteiger partial charge in [-0.3, -0.25) is 9.59 Å². The van der Waals surface area contributed by atoms with Gasteiger partial charge in [0.15, 0.2) is 12.4 Å². The van der Waals surface area contributed by atoms with Gasteiger partial charge in [-0.1, -0.05) is 20.3 Å². The van der Waals surface area contributed by atoms with Crippen LogP contribution >= 0.6 is 0 Å². The molecule has 2 aromatic rings. The van der Waals surface area contributed by atoms with E-state index < -0.39 is 17.9 Å². The fourth-order valence-electron chi connectivity index (χ4n) is 3.38. The monoisotopic (exact) mass is 469 g/mol. The van der Waals surface area contributed by atoms with Gasteiger partial charge in [0.05, 0.1) is 19.8 Å². The number of hydrogen-bond donors (Lipinski definition) is 2. The van der Waals surface area contributed by atoms with Gasteiger partial charge in [0.25, 0.3) is 5.91 Å². The molecule has 1 aliphatic heterocycles. The molecule has 180 valence electrons. The molecule has 0 aromatic heterocycles. The van der Waals surface area contributed by atoms with E-state index in [1.165, 1.54) is 13.2 Å². The second-order valence-corrected chi connectivity index (χ2v) is 7.76. The number of ether oxygens (including phenoxy) is 4. The molecule has 0 saturated carbocycles. The molecule has 1 aliphatic rings. The maximum absolute atomic E-state index is 12.8. The molecule has 0 aliphatic carbocycles. The fourth-order valence-corrected chi connectivity index (χ4v) is 3.38. The predicted molar refractivity (Wildman–Crippen MR) is 123 cm³/mol. The molecular weight excluding hydrogens is 442 g/mol. The molecule has 2 aromatic carbocycles. The van der Waals surface area contributed by atoms with Crippen LogP contribution in [-0.2, 0) is 9.59 Å². The molecule has 3 rings (SSSR count). The van der Waals surface area contributed by atoms with Crippen molar-refractivity contribution in [1.29, 1.82) is 0 Å². The molecule has 1 amide bonds. The number of carbonyl (C=O) groups is 3. The third-order valence-corrected chi connectivity index (χ3v) is 5.53. The number of amides is 1. The second-order valence-electron chi connectivity index (χ2n) is 7.76. The lowest BCUT2D eigenvalue weighted by molar-refractivity contribution is -0.143. The van der Waals surface area contributed by atoms with Crippen LogP contribution < -0.4 is 24.3 Å². The number of methoxy groups -OCH3 is 2. The van der Waals surface area contributed by atoms with Gasteiger partial charge < -0.3 is 29.4 Å². The first kappa shape index (κ1) is 24.6. The van der Waals surface area contributed by atoms with Crippen molar-refractivity contribution in [3.05, 3.63) is 53.3 Å². The minimum atomic E-state index is -1.10. The van der Waals surface area contributed by atoms with Gasteiger partial charge in [-0.05, 0) is 36.3 Å². The zero-order chi connectivity index (χ0) is 24.8. The van der Waals surface area contributed by atoms with Crippen molar-refractivity contribution in [3.63, 3.8) is 0 Å². The molecule has 9 heteroatoms. The van der Waals surface area contributed by atoms with E-state index >= 15 is 0 Å². The minimum Gasteiger partial charge on any atom is -0.497 e. The summed E-state index contributed by atoms with van der Waals surface area (Å²) in [6, 6.07) is 8.81. The van der Waals surface area contributed by atoms with Crippen LogP contribution in [-0.4, -0.2) is 49.6 Å². The number of fused-ring (bicyclic) bond motifs is 1. The number of ketones is 1. The molecule has 0 fully saturated rings. The van der Waals surface area contributed by atoms with Gasteiger partial charge >= 0.3 is 5.97 Å². The first-order chi connectivity index (χ1) is 16.3. The molecule has 0 saturated heterocycles. The Morgan fingerprint density at radius 1 is 1.12 bits per heavy atom. The average molecular weight is 469 g/mol. The highest BCUT2D eigenvalue weighted by Crippen LogP contribution is 2.36. The summed E-state index contributed by atoms with van der Waals surface area (Å²) in [5, 5.41) is 11.8. The smallest absolute Gasteiger partial charge is 0.326 e. The molecule has 0 spiro atoms. The molecule has 0 radical (unpaired) electrons. The van der Waals surface area contributed by atoms with Gasteiger partial charge in [0.1, 0.15) is 29.0 Å². The number of rotatable bonds is 10. The SMILES string of the molecule is CC[C@@H](C)[C@H](NC(=O)COc1ccc2c(c1)OC(=Cc1ccc(OC)cc1OC)C2=O)C(=O)O. The molecular formula is C25H27NO8. The van der Waals surface area contributed by atoms with Crippen LogP contribution in [0.3, 0.4) is 0 Å². The van der Waals surface area contributed by atoms with Crippen molar-refractivity contribution in [1.82, 2.24) is 5.32 Å². The molecule has 0 bridgehead atoms. The van der Waals surface area contributed by atoms with E-state index in [0.29, 0.717) is 40.5 Å². The Morgan fingerprint density at radius 3 is 2.50 bits per heavy atom. The fraction of sp³-hybridized carbons (Fsp3) is 0.320. The van der Waals surface area contributed by atoms with E-state index in [4.69, 9.17) is 18.9 Å². The van der Waals surface area contributed by atoms with Crippen molar-refractivity contribution in [2.24, 2.45) is 5.92 Å². The largest absolute Gasteiger partial charge is 0.497 e. The number of hydrogen-bond acceptors (Lipinski definition) is 7. The summed E-state index contributed by atoms with van der Waals surface area (Å²) < 4.78 is 21.8. The molecule has 1 heterocycles. The van der Waals surface area contributed by atoms with Gasteiger partial charge in [-0.15, -0.1) is 0 Å². The maximum Gasteiger partial charge on any atom is 0.326 e. The lowest BCUT2D eigenvalue weighted by Crippen LogP contribution is -2.46. The number of carboxylic acids is 1. The van der Waals surface area contributed by atoms with Gasteiger partial charge in [-0.25, -0.2) is 4.79 Å². The zero-order valence-corrected chi connectivity index (χ0v) is 19.4. The van der Waals surface area contributed by atoms with E-state index in [-0.39, 0.29) is 24.1 Å². The Morgan fingerprint density at radius 2 is 1.85 bits per heavy atom. The van der Waals surface area contributed by atoms with E-state index in [2.05, 4.69) is 5.32 Å². The van der Waals surface area contributed by atoms with Gasteiger partial charge in [0, 0.05) is 17.7 Å². The highest BCUT2D eigenvalue weighted by atomic mass is 16.5. The molecule has 2 N–H and O–H groups in total. The first-order valence-corrected chi connectivity index (χ1v) is 10.7. The van der Waals surface area contributed by atoms with Crippen LogP contribution in [0.15, 0.2) is 42.2 Å². The quantitative estimate of drug-likeness (QED) is 0.509. The zero-order valence-electron chi connectivity index (χ0n) is 19.4. The number of benzene rings is 2. The highest BCUT2D eigenvalue weighted by molar-refractivity contribution is 6.14. The highest BCUT2D eigenvalue weighted by Gasteiger charge is 2.29.